The lowest BCUT2D eigenvalue weighted by molar-refractivity contribution is 0.101. The summed E-state index contributed by atoms with van der Waals surface area (Å²) in [5.41, 5.74) is 1.27. The van der Waals surface area contributed by atoms with Crippen molar-refractivity contribution in [2.45, 2.75) is 20.5 Å². The number of amides is 1. The largest absolute Gasteiger partial charge is 0.488 e. The Labute approximate surface area is 160 Å². The number of Topliss-reactive ketones (excluding diaryl/α,β-unsaturated/α-hetero) is 1. The Morgan fingerprint density at radius 3 is 2.64 bits per heavy atom. The van der Waals surface area contributed by atoms with E-state index in [0.29, 0.717) is 33.5 Å². The highest BCUT2D eigenvalue weighted by Gasteiger charge is 2.12. The van der Waals surface area contributed by atoms with Gasteiger partial charge in [0, 0.05) is 28.8 Å². The number of nitrogens with one attached hydrogen (secondary N) is 1. The van der Waals surface area contributed by atoms with Crippen molar-refractivity contribution < 1.29 is 23.5 Å². The summed E-state index contributed by atoms with van der Waals surface area (Å²) in [5.74, 6) is 0.333. The Bertz CT molecular complexity index is 1090. The molecule has 28 heavy (non-hydrogen) atoms. The minimum Gasteiger partial charge on any atom is -0.488 e. The van der Waals surface area contributed by atoms with Crippen LogP contribution in [0.4, 0.5) is 10.5 Å². The molecule has 0 bridgehead atoms. The summed E-state index contributed by atoms with van der Waals surface area (Å²) in [4.78, 5) is 35.2. The molecule has 0 radical (unpaired) electrons. The summed E-state index contributed by atoms with van der Waals surface area (Å²) >= 11 is 0. The molecule has 144 valence electrons. The van der Waals surface area contributed by atoms with Crippen LogP contribution in [0.1, 0.15) is 29.8 Å². The van der Waals surface area contributed by atoms with Gasteiger partial charge >= 0.3 is 11.7 Å². The number of carbonyl (C=O) groups is 2. The number of benzene rings is 2. The monoisotopic (exact) mass is 381 g/mol. The Morgan fingerprint density at radius 2 is 1.89 bits per heavy atom. The lowest BCUT2D eigenvalue weighted by Gasteiger charge is -2.11. The van der Waals surface area contributed by atoms with Gasteiger partial charge in [0.25, 0.3) is 0 Å². The van der Waals surface area contributed by atoms with E-state index in [9.17, 15) is 14.4 Å². The summed E-state index contributed by atoms with van der Waals surface area (Å²) in [6.45, 7) is 3.50. The van der Waals surface area contributed by atoms with Gasteiger partial charge in [-0.1, -0.05) is 12.1 Å². The van der Waals surface area contributed by atoms with Crippen LogP contribution in [-0.2, 0) is 11.3 Å². The number of hydrogen-bond acceptors (Lipinski definition) is 6. The van der Waals surface area contributed by atoms with Crippen molar-refractivity contribution in [3.63, 3.8) is 0 Å². The number of para-hydroxylation sites is 1. The number of ether oxygens (including phenoxy) is 2. The van der Waals surface area contributed by atoms with E-state index in [2.05, 4.69) is 5.32 Å². The van der Waals surface area contributed by atoms with Crippen molar-refractivity contribution in [2.24, 2.45) is 0 Å². The highest BCUT2D eigenvalue weighted by Crippen LogP contribution is 2.24. The molecule has 0 saturated heterocycles. The molecule has 0 spiro atoms. The van der Waals surface area contributed by atoms with Crippen molar-refractivity contribution in [3.05, 3.63) is 70.1 Å². The Morgan fingerprint density at radius 1 is 1.11 bits per heavy atom. The first-order chi connectivity index (χ1) is 13.5. The molecule has 3 rings (SSSR count). The molecule has 1 N–H and O–H groups in total. The van der Waals surface area contributed by atoms with Crippen molar-refractivity contribution in [3.8, 4) is 5.75 Å². The highest BCUT2D eigenvalue weighted by atomic mass is 16.5. The third-order valence-corrected chi connectivity index (χ3v) is 4.00. The van der Waals surface area contributed by atoms with Gasteiger partial charge in [-0.05, 0) is 38.1 Å². The minimum atomic E-state index is -0.593. The second-order valence-electron chi connectivity index (χ2n) is 5.99. The average Bonchev–Trinajstić information content (AvgIpc) is 2.66. The molecule has 2 aromatic carbocycles. The molecular weight excluding hydrogens is 362 g/mol. The normalized spacial score (nSPS) is 10.5. The third kappa shape index (κ3) is 4.37. The van der Waals surface area contributed by atoms with E-state index >= 15 is 0 Å². The number of carbonyl (C=O) groups excluding carboxylic acids is 2. The van der Waals surface area contributed by atoms with Crippen molar-refractivity contribution >= 4 is 28.5 Å². The van der Waals surface area contributed by atoms with Gasteiger partial charge < -0.3 is 13.9 Å². The maximum atomic E-state index is 11.9. The quantitative estimate of drug-likeness (QED) is 0.509. The molecule has 0 saturated carbocycles. The molecule has 1 aromatic heterocycles. The minimum absolute atomic E-state index is 0.0804. The van der Waals surface area contributed by atoms with Gasteiger partial charge in [0.2, 0.25) is 0 Å². The summed E-state index contributed by atoms with van der Waals surface area (Å²) in [6.07, 6.45) is -0.593. The fourth-order valence-corrected chi connectivity index (χ4v) is 2.75. The zero-order valence-electron chi connectivity index (χ0n) is 15.5. The third-order valence-electron chi connectivity index (χ3n) is 4.00. The number of rotatable bonds is 6. The average molecular weight is 381 g/mol. The molecule has 7 nitrogen and oxygen atoms in total. The summed E-state index contributed by atoms with van der Waals surface area (Å²) in [7, 11) is 0. The SMILES string of the molecule is CCOC(=O)Nc1ccc2c(COc3ccccc3C(C)=O)cc(=O)oc2c1. The van der Waals surface area contributed by atoms with Crippen molar-refractivity contribution in [1.29, 1.82) is 0 Å². The van der Waals surface area contributed by atoms with Crippen LogP contribution in [0.3, 0.4) is 0 Å². The Balaban J connectivity index is 1.89. The maximum absolute atomic E-state index is 11.9. The lowest BCUT2D eigenvalue weighted by atomic mass is 10.1. The molecule has 3 aromatic rings. The Hall–Kier alpha value is -3.61. The molecule has 0 aliphatic heterocycles. The zero-order chi connectivity index (χ0) is 20.1. The van der Waals surface area contributed by atoms with Crippen molar-refractivity contribution in [1.82, 2.24) is 0 Å². The van der Waals surface area contributed by atoms with Crippen LogP contribution in [0, 0.1) is 0 Å². The van der Waals surface area contributed by atoms with Crippen LogP contribution in [0.2, 0.25) is 0 Å². The molecule has 0 unspecified atom stereocenters. The van der Waals surface area contributed by atoms with Gasteiger partial charge in [-0.2, -0.15) is 0 Å². The molecule has 0 fully saturated rings. The first-order valence-corrected chi connectivity index (χ1v) is 8.71. The maximum Gasteiger partial charge on any atom is 0.411 e. The van der Waals surface area contributed by atoms with Gasteiger partial charge in [-0.25, -0.2) is 9.59 Å². The number of hydrogen-bond donors (Lipinski definition) is 1. The second-order valence-corrected chi connectivity index (χ2v) is 5.99. The van der Waals surface area contributed by atoms with Crippen LogP contribution >= 0.6 is 0 Å². The lowest BCUT2D eigenvalue weighted by Crippen LogP contribution is -2.13. The van der Waals surface area contributed by atoms with E-state index in [-0.39, 0.29) is 19.0 Å². The van der Waals surface area contributed by atoms with Crippen LogP contribution in [-0.4, -0.2) is 18.5 Å². The fourth-order valence-electron chi connectivity index (χ4n) is 2.75. The van der Waals surface area contributed by atoms with Crippen LogP contribution in [0.25, 0.3) is 11.0 Å². The second kappa shape index (κ2) is 8.39. The molecule has 0 atom stereocenters. The van der Waals surface area contributed by atoms with Gasteiger partial charge in [0.05, 0.1) is 12.2 Å². The summed E-state index contributed by atoms with van der Waals surface area (Å²) in [6, 6.07) is 13.2. The molecule has 1 heterocycles. The molecule has 0 aliphatic carbocycles. The number of fused-ring (bicyclic) bond motifs is 1. The molecule has 7 heteroatoms. The van der Waals surface area contributed by atoms with Crippen LogP contribution < -0.4 is 15.7 Å². The van der Waals surface area contributed by atoms with Crippen molar-refractivity contribution in [2.75, 3.05) is 11.9 Å². The molecule has 1 amide bonds. The van der Waals surface area contributed by atoms with Gasteiger partial charge in [-0.15, -0.1) is 0 Å². The molecule has 0 aliphatic rings. The zero-order valence-corrected chi connectivity index (χ0v) is 15.5. The highest BCUT2D eigenvalue weighted by molar-refractivity contribution is 5.96. The smallest absolute Gasteiger partial charge is 0.411 e. The van der Waals surface area contributed by atoms with Gasteiger partial charge in [0.1, 0.15) is 17.9 Å². The van der Waals surface area contributed by atoms with E-state index in [0.717, 1.165) is 0 Å². The van der Waals surface area contributed by atoms with Crippen LogP contribution in [0.15, 0.2) is 57.7 Å². The first kappa shape index (κ1) is 19.2. The number of ketones is 1. The van der Waals surface area contributed by atoms with E-state index in [1.54, 1.807) is 49.4 Å². The molecular formula is C21H19NO6. The predicted molar refractivity (Wildman–Crippen MR) is 104 cm³/mol. The van der Waals surface area contributed by atoms with E-state index < -0.39 is 11.7 Å². The summed E-state index contributed by atoms with van der Waals surface area (Å²) in [5, 5.41) is 3.22. The topological polar surface area (TPSA) is 94.8 Å². The van der Waals surface area contributed by atoms with E-state index in [4.69, 9.17) is 13.9 Å². The number of anilines is 1. The van der Waals surface area contributed by atoms with Gasteiger partial charge in [0.15, 0.2) is 5.78 Å². The standard InChI is InChI=1S/C21H19NO6/c1-3-26-21(25)22-15-8-9-17-14(10-20(24)28-19(17)11-15)12-27-18-7-5-4-6-16(18)13(2)23/h4-11H,3,12H2,1-2H3,(H,22,25). The fraction of sp³-hybridized carbons (Fsp3) is 0.190. The summed E-state index contributed by atoms with van der Waals surface area (Å²) < 4.78 is 15.9. The van der Waals surface area contributed by atoms with E-state index in [1.807, 2.05) is 0 Å². The van der Waals surface area contributed by atoms with E-state index in [1.165, 1.54) is 13.0 Å². The van der Waals surface area contributed by atoms with Gasteiger partial charge in [-0.3, -0.25) is 10.1 Å². The first-order valence-electron chi connectivity index (χ1n) is 8.71. The Kier molecular flexibility index (Phi) is 5.74. The predicted octanol–water partition coefficient (Wildman–Crippen LogP) is 4.14. The van der Waals surface area contributed by atoms with Crippen LogP contribution in [0.5, 0.6) is 5.75 Å².